The lowest BCUT2D eigenvalue weighted by molar-refractivity contribution is 0.0239. The Kier molecular flexibility index (Phi) is 1.71. The molecule has 0 heterocycles. The Labute approximate surface area is 106 Å². The number of fused-ring (bicyclic) bond motifs is 12. The quantitative estimate of drug-likeness (QED) is 0.547. The average Bonchev–Trinajstić information content (AvgIpc) is 3.02. The van der Waals surface area contributed by atoms with E-state index in [4.69, 9.17) is 0 Å². The van der Waals surface area contributed by atoms with Crippen LogP contribution < -0.4 is 0 Å². The van der Waals surface area contributed by atoms with Crippen molar-refractivity contribution in [3.63, 3.8) is 0 Å². The van der Waals surface area contributed by atoms with Crippen molar-refractivity contribution in [2.75, 3.05) is 0 Å². The summed E-state index contributed by atoms with van der Waals surface area (Å²) in [6.07, 6.45) is 8.08. The standard InChI is InChI=1S/C17H26/c1-8-9(2)13-6-12(8)16-14-7-15(17(13)16)11-5-3-4-10(11)14/h8-17H,3-7H2,1-2H3. The van der Waals surface area contributed by atoms with Crippen molar-refractivity contribution >= 4 is 0 Å². The van der Waals surface area contributed by atoms with Gasteiger partial charge >= 0.3 is 0 Å². The molecule has 0 radical (unpaired) electrons. The fourth-order valence-electron chi connectivity index (χ4n) is 7.95. The molecule has 0 aromatic heterocycles. The Morgan fingerprint density at radius 3 is 1.59 bits per heavy atom. The van der Waals surface area contributed by atoms with Crippen LogP contribution in [-0.4, -0.2) is 0 Å². The summed E-state index contributed by atoms with van der Waals surface area (Å²) in [6, 6.07) is 0. The highest BCUT2D eigenvalue weighted by Crippen LogP contribution is 2.74. The highest BCUT2D eigenvalue weighted by molar-refractivity contribution is 5.16. The molecule has 94 valence electrons. The molecule has 5 rings (SSSR count). The second-order valence-corrected chi connectivity index (χ2v) is 8.26. The van der Waals surface area contributed by atoms with Crippen molar-refractivity contribution in [3.05, 3.63) is 0 Å². The van der Waals surface area contributed by atoms with E-state index >= 15 is 0 Å². The molecule has 0 heteroatoms. The van der Waals surface area contributed by atoms with E-state index in [9.17, 15) is 0 Å². The molecular formula is C17H26. The van der Waals surface area contributed by atoms with Gasteiger partial charge in [0.1, 0.15) is 0 Å². The van der Waals surface area contributed by atoms with Crippen molar-refractivity contribution < 1.29 is 0 Å². The van der Waals surface area contributed by atoms with E-state index in [1.807, 2.05) is 0 Å². The minimum Gasteiger partial charge on any atom is -0.0620 e. The van der Waals surface area contributed by atoms with Crippen LogP contribution in [0.2, 0.25) is 0 Å². The van der Waals surface area contributed by atoms with E-state index in [-0.39, 0.29) is 0 Å². The molecule has 0 saturated heterocycles. The van der Waals surface area contributed by atoms with Gasteiger partial charge in [-0.25, -0.2) is 0 Å². The largest absolute Gasteiger partial charge is 0.0620 e. The lowest BCUT2D eigenvalue weighted by Crippen LogP contribution is -2.41. The molecule has 0 nitrogen and oxygen atoms in total. The second kappa shape index (κ2) is 2.94. The molecule has 0 amide bonds. The van der Waals surface area contributed by atoms with Crippen LogP contribution in [-0.2, 0) is 0 Å². The van der Waals surface area contributed by atoms with E-state index in [1.165, 1.54) is 35.5 Å². The number of rotatable bonds is 0. The van der Waals surface area contributed by atoms with E-state index in [0.29, 0.717) is 0 Å². The van der Waals surface area contributed by atoms with Crippen molar-refractivity contribution in [3.8, 4) is 0 Å². The lowest BCUT2D eigenvalue weighted by Gasteiger charge is -2.45. The lowest BCUT2D eigenvalue weighted by atomic mass is 9.60. The van der Waals surface area contributed by atoms with E-state index in [0.717, 1.165) is 23.7 Å². The molecule has 0 aliphatic heterocycles. The van der Waals surface area contributed by atoms with Crippen LogP contribution in [0.25, 0.3) is 0 Å². The van der Waals surface area contributed by atoms with Crippen LogP contribution in [0, 0.1) is 59.2 Å². The van der Waals surface area contributed by atoms with Crippen LogP contribution in [0.3, 0.4) is 0 Å². The Hall–Kier alpha value is 0. The molecule has 5 saturated carbocycles. The Morgan fingerprint density at radius 1 is 0.588 bits per heavy atom. The zero-order chi connectivity index (χ0) is 11.3. The summed E-state index contributed by atoms with van der Waals surface area (Å²) in [4.78, 5) is 0. The molecular weight excluding hydrogens is 204 g/mol. The van der Waals surface area contributed by atoms with Gasteiger partial charge < -0.3 is 0 Å². The maximum absolute atomic E-state index is 2.57. The van der Waals surface area contributed by atoms with E-state index in [2.05, 4.69) is 13.8 Å². The van der Waals surface area contributed by atoms with Gasteiger partial charge in [0.2, 0.25) is 0 Å². The van der Waals surface area contributed by atoms with Crippen molar-refractivity contribution in [2.45, 2.75) is 46.0 Å². The molecule has 5 aliphatic rings. The molecule has 0 aromatic carbocycles. The molecule has 5 aliphatic carbocycles. The Morgan fingerprint density at radius 2 is 1.06 bits per heavy atom. The van der Waals surface area contributed by atoms with Crippen molar-refractivity contribution in [1.82, 2.24) is 0 Å². The number of hydrogen-bond acceptors (Lipinski definition) is 0. The first-order valence-electron chi connectivity index (χ1n) is 8.27. The highest BCUT2D eigenvalue weighted by Gasteiger charge is 2.68. The first-order chi connectivity index (χ1) is 8.27. The summed E-state index contributed by atoms with van der Waals surface area (Å²) < 4.78 is 0. The minimum absolute atomic E-state index is 1.06. The third-order valence-electron chi connectivity index (χ3n) is 8.42. The van der Waals surface area contributed by atoms with Gasteiger partial charge in [0, 0.05) is 0 Å². The number of hydrogen-bond donors (Lipinski definition) is 0. The third-order valence-corrected chi connectivity index (χ3v) is 8.42. The zero-order valence-corrected chi connectivity index (χ0v) is 11.3. The fraction of sp³-hybridized carbons (Fsp3) is 1.00. The predicted octanol–water partition coefficient (Wildman–Crippen LogP) is 4.21. The molecule has 10 atom stereocenters. The molecule has 0 N–H and O–H groups in total. The maximum Gasteiger partial charge on any atom is -0.0318 e. The Balaban J connectivity index is 1.56. The SMILES string of the molecule is CC1C(C)C2CC1C1C3CC(C4CCCC43)C21. The maximum atomic E-state index is 2.57. The van der Waals surface area contributed by atoms with Crippen LogP contribution in [0.15, 0.2) is 0 Å². The van der Waals surface area contributed by atoms with Gasteiger partial charge in [-0.2, -0.15) is 0 Å². The monoisotopic (exact) mass is 230 g/mol. The minimum atomic E-state index is 1.06. The van der Waals surface area contributed by atoms with Gasteiger partial charge in [0.25, 0.3) is 0 Å². The fourth-order valence-corrected chi connectivity index (χ4v) is 7.95. The van der Waals surface area contributed by atoms with Crippen LogP contribution in [0.5, 0.6) is 0 Å². The van der Waals surface area contributed by atoms with Crippen LogP contribution in [0.4, 0.5) is 0 Å². The van der Waals surface area contributed by atoms with Gasteiger partial charge in [-0.05, 0) is 84.9 Å². The van der Waals surface area contributed by atoms with Crippen LogP contribution >= 0.6 is 0 Å². The van der Waals surface area contributed by atoms with E-state index in [1.54, 1.807) is 32.1 Å². The predicted molar refractivity (Wildman–Crippen MR) is 69.3 cm³/mol. The van der Waals surface area contributed by atoms with Crippen molar-refractivity contribution in [1.29, 1.82) is 0 Å². The second-order valence-electron chi connectivity index (χ2n) is 8.26. The van der Waals surface area contributed by atoms with Gasteiger partial charge in [0.05, 0.1) is 0 Å². The third kappa shape index (κ3) is 0.932. The summed E-state index contributed by atoms with van der Waals surface area (Å²) in [5.41, 5.74) is 0. The molecule has 0 aromatic rings. The van der Waals surface area contributed by atoms with Gasteiger partial charge in [-0.3, -0.25) is 0 Å². The summed E-state index contributed by atoms with van der Waals surface area (Å²) in [5.74, 6) is 11.6. The first kappa shape index (κ1) is 9.87. The topological polar surface area (TPSA) is 0 Å². The molecule has 10 unspecified atom stereocenters. The average molecular weight is 230 g/mol. The van der Waals surface area contributed by atoms with Crippen molar-refractivity contribution in [2.24, 2.45) is 59.2 Å². The zero-order valence-electron chi connectivity index (χ0n) is 11.3. The van der Waals surface area contributed by atoms with Gasteiger partial charge in [-0.15, -0.1) is 0 Å². The molecule has 0 spiro atoms. The molecule has 4 bridgehead atoms. The van der Waals surface area contributed by atoms with Gasteiger partial charge in [-0.1, -0.05) is 20.3 Å². The summed E-state index contributed by atoms with van der Waals surface area (Å²) in [5, 5.41) is 0. The Bertz CT molecular complexity index is 327. The molecule has 17 heavy (non-hydrogen) atoms. The summed E-state index contributed by atoms with van der Waals surface area (Å²) >= 11 is 0. The summed E-state index contributed by atoms with van der Waals surface area (Å²) in [6.45, 7) is 5.15. The van der Waals surface area contributed by atoms with E-state index < -0.39 is 0 Å². The van der Waals surface area contributed by atoms with Crippen LogP contribution in [0.1, 0.15) is 46.0 Å². The first-order valence-corrected chi connectivity index (χ1v) is 8.27. The smallest absolute Gasteiger partial charge is 0.0318 e. The summed E-state index contributed by atoms with van der Waals surface area (Å²) in [7, 11) is 0. The molecule has 5 fully saturated rings. The highest BCUT2D eigenvalue weighted by atomic mass is 14.7. The normalized spacial score (nSPS) is 70.9. The van der Waals surface area contributed by atoms with Gasteiger partial charge in [0.15, 0.2) is 0 Å².